The maximum absolute atomic E-state index is 9.20. The summed E-state index contributed by atoms with van der Waals surface area (Å²) in [5, 5.41) is 12.7. The van der Waals surface area contributed by atoms with E-state index >= 15 is 0 Å². The largest absolute Gasteiger partial charge is 0.411 e. The molecule has 0 bridgehead atoms. The van der Waals surface area contributed by atoms with Crippen molar-refractivity contribution in [3.8, 4) is 0 Å². The number of aromatic nitrogens is 2. The van der Waals surface area contributed by atoms with Crippen LogP contribution < -0.4 is 0 Å². The second kappa shape index (κ2) is 4.68. The summed E-state index contributed by atoms with van der Waals surface area (Å²) in [6, 6.07) is 0. The molecule has 0 aliphatic heterocycles. The Morgan fingerprint density at radius 1 is 1.44 bits per heavy atom. The minimum atomic E-state index is 0.0667. The molecule has 1 N–H and O–H groups in total. The Bertz CT molecular complexity index is 350. The fraction of sp³-hybridized carbons (Fsp3) is 0.667. The van der Waals surface area contributed by atoms with Gasteiger partial charge < -0.3 is 9.77 Å². The van der Waals surface area contributed by atoms with Gasteiger partial charge in [0.05, 0.1) is 18.6 Å². The van der Waals surface area contributed by atoms with Crippen LogP contribution >= 0.6 is 0 Å². The van der Waals surface area contributed by atoms with Crippen LogP contribution in [0, 0.1) is 5.41 Å². The van der Waals surface area contributed by atoms with E-state index in [0.29, 0.717) is 6.54 Å². The van der Waals surface area contributed by atoms with Crippen LogP contribution in [0.2, 0.25) is 0 Å². The normalized spacial score (nSPS) is 20.9. The molecule has 1 saturated carbocycles. The van der Waals surface area contributed by atoms with Crippen LogP contribution in [0.1, 0.15) is 39.0 Å². The molecule has 4 nitrogen and oxygen atoms in total. The summed E-state index contributed by atoms with van der Waals surface area (Å²) >= 11 is 0. The third-order valence-corrected chi connectivity index (χ3v) is 3.67. The van der Waals surface area contributed by atoms with Gasteiger partial charge in [-0.3, -0.25) is 0 Å². The molecular formula is C12H19N3O. The van der Waals surface area contributed by atoms with E-state index in [1.54, 1.807) is 12.5 Å². The maximum Gasteiger partial charge on any atom is 0.0949 e. The minimum Gasteiger partial charge on any atom is -0.411 e. The van der Waals surface area contributed by atoms with Crippen LogP contribution in [0.3, 0.4) is 0 Å². The van der Waals surface area contributed by atoms with Crippen molar-refractivity contribution in [3.05, 3.63) is 18.7 Å². The predicted molar refractivity (Wildman–Crippen MR) is 62.6 cm³/mol. The number of imidazole rings is 1. The number of rotatable bonds is 3. The first-order chi connectivity index (χ1) is 7.74. The Balaban J connectivity index is 2.10. The van der Waals surface area contributed by atoms with E-state index in [1.165, 1.54) is 19.3 Å². The van der Waals surface area contributed by atoms with Crippen molar-refractivity contribution in [1.29, 1.82) is 0 Å². The first-order valence-electron chi connectivity index (χ1n) is 5.92. The Morgan fingerprint density at radius 3 is 2.75 bits per heavy atom. The van der Waals surface area contributed by atoms with Crippen molar-refractivity contribution >= 4 is 5.71 Å². The fourth-order valence-electron chi connectivity index (χ4n) is 2.52. The van der Waals surface area contributed by atoms with Gasteiger partial charge in [-0.25, -0.2) is 4.98 Å². The minimum absolute atomic E-state index is 0.0667. The first kappa shape index (κ1) is 11.2. The highest BCUT2D eigenvalue weighted by Gasteiger charge is 2.32. The van der Waals surface area contributed by atoms with Gasteiger partial charge in [0.2, 0.25) is 0 Å². The average molecular weight is 221 g/mol. The number of hydrogen-bond acceptors (Lipinski definition) is 3. The van der Waals surface area contributed by atoms with E-state index in [1.807, 2.05) is 10.8 Å². The third kappa shape index (κ3) is 2.26. The summed E-state index contributed by atoms with van der Waals surface area (Å²) in [6.07, 6.45) is 11.4. The lowest BCUT2D eigenvalue weighted by atomic mass is 9.72. The van der Waals surface area contributed by atoms with Crippen LogP contribution in [0.4, 0.5) is 0 Å². The second-order valence-corrected chi connectivity index (χ2v) is 4.90. The number of hydrogen-bond donors (Lipinski definition) is 1. The standard InChI is InChI=1S/C12H19N3O/c1-12(5-3-2-4-6-12)11(14-16)9-15-8-7-13-10-15/h7-8,10,16H,2-6,9H2,1H3. The summed E-state index contributed by atoms with van der Waals surface area (Å²) in [7, 11) is 0. The van der Waals surface area contributed by atoms with E-state index in [2.05, 4.69) is 17.1 Å². The van der Waals surface area contributed by atoms with Crippen molar-refractivity contribution in [1.82, 2.24) is 9.55 Å². The van der Waals surface area contributed by atoms with E-state index in [0.717, 1.165) is 18.6 Å². The average Bonchev–Trinajstić information content (AvgIpc) is 2.79. The topological polar surface area (TPSA) is 50.4 Å². The summed E-state index contributed by atoms with van der Waals surface area (Å²) < 4.78 is 1.95. The Labute approximate surface area is 96.0 Å². The number of nitrogens with zero attached hydrogens (tertiary/aromatic N) is 3. The molecule has 0 aromatic carbocycles. The van der Waals surface area contributed by atoms with Crippen molar-refractivity contribution in [2.45, 2.75) is 45.6 Å². The predicted octanol–water partition coefficient (Wildman–Crippen LogP) is 2.68. The molecule has 1 aromatic rings. The Morgan fingerprint density at radius 2 is 2.19 bits per heavy atom. The molecule has 4 heteroatoms. The van der Waals surface area contributed by atoms with Gasteiger partial charge in [-0.2, -0.15) is 0 Å². The van der Waals surface area contributed by atoms with E-state index in [9.17, 15) is 5.21 Å². The molecular weight excluding hydrogens is 202 g/mol. The zero-order chi connectivity index (χ0) is 11.4. The first-order valence-corrected chi connectivity index (χ1v) is 5.92. The monoisotopic (exact) mass is 221 g/mol. The van der Waals surface area contributed by atoms with Gasteiger partial charge in [0.1, 0.15) is 0 Å². The summed E-state index contributed by atoms with van der Waals surface area (Å²) in [5.74, 6) is 0. The molecule has 1 aliphatic rings. The molecule has 16 heavy (non-hydrogen) atoms. The lowest BCUT2D eigenvalue weighted by Crippen LogP contribution is -2.33. The van der Waals surface area contributed by atoms with E-state index in [4.69, 9.17) is 0 Å². The molecule has 1 fully saturated rings. The summed E-state index contributed by atoms with van der Waals surface area (Å²) in [6.45, 7) is 2.85. The second-order valence-electron chi connectivity index (χ2n) is 4.90. The highest BCUT2D eigenvalue weighted by Crippen LogP contribution is 2.37. The van der Waals surface area contributed by atoms with Crippen LogP contribution in [0.25, 0.3) is 0 Å². The molecule has 0 amide bonds. The van der Waals surface area contributed by atoms with Crippen molar-refractivity contribution in [2.24, 2.45) is 10.6 Å². The lowest BCUT2D eigenvalue weighted by molar-refractivity contribution is 0.270. The smallest absolute Gasteiger partial charge is 0.0949 e. The van der Waals surface area contributed by atoms with Gasteiger partial charge in [0.15, 0.2) is 0 Å². The van der Waals surface area contributed by atoms with Gasteiger partial charge in [0.25, 0.3) is 0 Å². The molecule has 88 valence electrons. The maximum atomic E-state index is 9.20. The fourth-order valence-corrected chi connectivity index (χ4v) is 2.52. The van der Waals surface area contributed by atoms with Gasteiger partial charge in [-0.15, -0.1) is 0 Å². The zero-order valence-corrected chi connectivity index (χ0v) is 9.76. The summed E-state index contributed by atoms with van der Waals surface area (Å²) in [5.41, 5.74) is 0.947. The SMILES string of the molecule is CC1(C(Cn2ccnc2)=NO)CCCCC1. The molecule has 0 radical (unpaired) electrons. The molecule has 1 heterocycles. The third-order valence-electron chi connectivity index (χ3n) is 3.67. The van der Waals surface area contributed by atoms with E-state index < -0.39 is 0 Å². The number of oxime groups is 1. The van der Waals surface area contributed by atoms with Crippen LogP contribution in [0.5, 0.6) is 0 Å². The van der Waals surface area contributed by atoms with Crippen LogP contribution in [-0.2, 0) is 6.54 Å². The molecule has 0 atom stereocenters. The molecule has 0 unspecified atom stereocenters. The van der Waals surface area contributed by atoms with Gasteiger partial charge >= 0.3 is 0 Å². The molecule has 0 spiro atoms. The quantitative estimate of drug-likeness (QED) is 0.484. The Kier molecular flexibility index (Phi) is 3.27. The van der Waals surface area contributed by atoms with Crippen molar-refractivity contribution in [2.75, 3.05) is 0 Å². The van der Waals surface area contributed by atoms with Gasteiger partial charge in [-0.1, -0.05) is 31.3 Å². The lowest BCUT2D eigenvalue weighted by Gasteiger charge is -2.34. The summed E-state index contributed by atoms with van der Waals surface area (Å²) in [4.78, 5) is 4.00. The van der Waals surface area contributed by atoms with Crippen LogP contribution in [-0.4, -0.2) is 20.5 Å². The molecule has 1 aliphatic carbocycles. The van der Waals surface area contributed by atoms with E-state index in [-0.39, 0.29) is 5.41 Å². The molecule has 0 saturated heterocycles. The highest BCUT2D eigenvalue weighted by molar-refractivity contribution is 5.89. The van der Waals surface area contributed by atoms with Crippen LogP contribution in [0.15, 0.2) is 23.9 Å². The highest BCUT2D eigenvalue weighted by atomic mass is 16.4. The molecule has 2 rings (SSSR count). The van der Waals surface area contributed by atoms with Gasteiger partial charge in [0, 0.05) is 17.8 Å². The zero-order valence-electron chi connectivity index (χ0n) is 9.76. The molecule has 1 aromatic heterocycles. The van der Waals surface area contributed by atoms with Crippen molar-refractivity contribution in [3.63, 3.8) is 0 Å². The van der Waals surface area contributed by atoms with Crippen molar-refractivity contribution < 1.29 is 5.21 Å². The Hall–Kier alpha value is -1.32. The van der Waals surface area contributed by atoms with Gasteiger partial charge in [-0.05, 0) is 12.8 Å².